The quantitative estimate of drug-likeness (QED) is 0.804. The van der Waals surface area contributed by atoms with E-state index < -0.39 is 0 Å². The van der Waals surface area contributed by atoms with Crippen molar-refractivity contribution in [3.05, 3.63) is 11.7 Å². The first-order valence-corrected chi connectivity index (χ1v) is 8.22. The normalized spacial score (nSPS) is 22.1. The Bertz CT molecular complexity index is 395. The van der Waals surface area contributed by atoms with Crippen molar-refractivity contribution in [3.63, 3.8) is 0 Å². The smallest absolute Gasteiger partial charge is 0.228 e. The summed E-state index contributed by atoms with van der Waals surface area (Å²) in [5, 5.41) is 7.52. The number of hydrogen-bond acceptors (Lipinski definition) is 7. The number of thioether (sulfide) groups is 1. The summed E-state index contributed by atoms with van der Waals surface area (Å²) in [6.45, 7) is 4.70. The van der Waals surface area contributed by atoms with Crippen molar-refractivity contribution in [2.75, 3.05) is 45.4 Å². The number of nitrogens with zero attached hydrogens (tertiary/aromatic N) is 3. The van der Waals surface area contributed by atoms with Gasteiger partial charge < -0.3 is 14.6 Å². The van der Waals surface area contributed by atoms with Crippen LogP contribution >= 0.6 is 11.8 Å². The number of likely N-dealkylation sites (N-methyl/N-ethyl adjacent to an activating group) is 1. The highest BCUT2D eigenvalue weighted by Gasteiger charge is 2.26. The van der Waals surface area contributed by atoms with Crippen LogP contribution in [0, 0.1) is 0 Å². The Morgan fingerprint density at radius 2 is 2.45 bits per heavy atom. The predicted octanol–water partition coefficient (Wildman–Crippen LogP) is 0.956. The third-order valence-electron chi connectivity index (χ3n) is 3.46. The second-order valence-electron chi connectivity index (χ2n) is 5.03. The van der Waals surface area contributed by atoms with Crippen LogP contribution in [0.5, 0.6) is 0 Å². The molecule has 114 valence electrons. The lowest BCUT2D eigenvalue weighted by atomic mass is 10.2. The van der Waals surface area contributed by atoms with Crippen molar-refractivity contribution in [2.24, 2.45) is 0 Å². The molecule has 7 heteroatoms. The van der Waals surface area contributed by atoms with Crippen molar-refractivity contribution in [1.29, 1.82) is 0 Å². The molecule has 1 aromatic heterocycles. The molecule has 0 aromatic carbocycles. The van der Waals surface area contributed by atoms with E-state index in [0.29, 0.717) is 18.9 Å². The van der Waals surface area contributed by atoms with Crippen LogP contribution in [0.3, 0.4) is 0 Å². The highest BCUT2D eigenvalue weighted by molar-refractivity contribution is 7.99. The van der Waals surface area contributed by atoms with Gasteiger partial charge in [0.15, 0.2) is 5.82 Å². The SMILES string of the molecule is CCNC(COC)Cc1nc(C2CSCCN2C)no1. The molecule has 1 N–H and O–H groups in total. The monoisotopic (exact) mass is 300 g/mol. The van der Waals surface area contributed by atoms with E-state index in [2.05, 4.69) is 34.3 Å². The zero-order valence-electron chi connectivity index (χ0n) is 12.5. The first kappa shape index (κ1) is 15.8. The zero-order chi connectivity index (χ0) is 14.4. The van der Waals surface area contributed by atoms with Crippen LogP contribution in [0.4, 0.5) is 0 Å². The molecule has 1 aliphatic rings. The highest BCUT2D eigenvalue weighted by atomic mass is 32.2. The minimum atomic E-state index is 0.219. The summed E-state index contributed by atoms with van der Waals surface area (Å²) in [7, 11) is 3.82. The molecule has 0 bridgehead atoms. The predicted molar refractivity (Wildman–Crippen MR) is 80.0 cm³/mol. The lowest BCUT2D eigenvalue weighted by Gasteiger charge is -2.29. The zero-order valence-corrected chi connectivity index (χ0v) is 13.3. The van der Waals surface area contributed by atoms with Gasteiger partial charge in [-0.05, 0) is 13.6 Å². The third-order valence-corrected chi connectivity index (χ3v) is 4.48. The molecule has 2 unspecified atom stereocenters. The maximum Gasteiger partial charge on any atom is 0.228 e. The first-order chi connectivity index (χ1) is 9.74. The Morgan fingerprint density at radius 3 is 3.15 bits per heavy atom. The number of rotatable bonds is 7. The molecule has 6 nitrogen and oxygen atoms in total. The fourth-order valence-electron chi connectivity index (χ4n) is 2.34. The van der Waals surface area contributed by atoms with Crippen LogP contribution < -0.4 is 5.32 Å². The number of hydrogen-bond donors (Lipinski definition) is 1. The maximum absolute atomic E-state index is 5.40. The van der Waals surface area contributed by atoms with Crippen molar-refractivity contribution in [3.8, 4) is 0 Å². The summed E-state index contributed by atoms with van der Waals surface area (Å²) < 4.78 is 10.6. The minimum absolute atomic E-state index is 0.219. The Balaban J connectivity index is 1.96. The van der Waals surface area contributed by atoms with Gasteiger partial charge in [0, 0.05) is 37.6 Å². The van der Waals surface area contributed by atoms with Gasteiger partial charge in [-0.15, -0.1) is 0 Å². The van der Waals surface area contributed by atoms with Crippen molar-refractivity contribution >= 4 is 11.8 Å². The van der Waals surface area contributed by atoms with Crippen molar-refractivity contribution < 1.29 is 9.26 Å². The third kappa shape index (κ3) is 4.18. The van der Waals surface area contributed by atoms with Crippen LogP contribution in [0.15, 0.2) is 4.52 Å². The summed E-state index contributed by atoms with van der Waals surface area (Å²) in [4.78, 5) is 6.85. The summed E-state index contributed by atoms with van der Waals surface area (Å²) in [6.07, 6.45) is 0.707. The summed E-state index contributed by atoms with van der Waals surface area (Å²) in [5.74, 6) is 3.70. The van der Waals surface area contributed by atoms with Gasteiger partial charge in [-0.3, -0.25) is 4.90 Å². The molecule has 1 saturated heterocycles. The molecule has 0 saturated carbocycles. The Kier molecular flexibility index (Phi) is 6.28. The molecule has 0 radical (unpaired) electrons. The van der Waals surface area contributed by atoms with Gasteiger partial charge in [-0.25, -0.2) is 0 Å². The molecule has 0 aliphatic carbocycles. The van der Waals surface area contributed by atoms with Crippen molar-refractivity contribution in [1.82, 2.24) is 20.4 Å². The largest absolute Gasteiger partial charge is 0.383 e. The first-order valence-electron chi connectivity index (χ1n) is 7.07. The van der Waals surface area contributed by atoms with E-state index in [0.717, 1.165) is 24.7 Å². The maximum atomic E-state index is 5.40. The van der Waals surface area contributed by atoms with E-state index in [1.807, 2.05) is 11.8 Å². The lowest BCUT2D eigenvalue weighted by Crippen LogP contribution is -2.35. The fraction of sp³-hybridized carbons (Fsp3) is 0.846. The highest BCUT2D eigenvalue weighted by Crippen LogP contribution is 2.26. The Morgan fingerprint density at radius 1 is 1.60 bits per heavy atom. The van der Waals surface area contributed by atoms with Crippen molar-refractivity contribution in [2.45, 2.75) is 25.4 Å². The van der Waals surface area contributed by atoms with Gasteiger partial charge in [-0.2, -0.15) is 16.7 Å². The summed E-state index contributed by atoms with van der Waals surface area (Å²) in [6, 6.07) is 0.489. The molecule has 0 spiro atoms. The van der Waals surface area contributed by atoms with Crippen LogP contribution in [0.25, 0.3) is 0 Å². The summed E-state index contributed by atoms with van der Waals surface area (Å²) in [5.41, 5.74) is 0. The Hall–Kier alpha value is -0.630. The Labute approximate surface area is 124 Å². The number of aromatic nitrogens is 2. The molecule has 1 aromatic rings. The summed E-state index contributed by atoms with van der Waals surface area (Å²) >= 11 is 1.95. The van der Waals surface area contributed by atoms with Crippen LogP contribution in [-0.4, -0.2) is 66.4 Å². The molecule has 0 amide bonds. The number of ether oxygens (including phenoxy) is 1. The van der Waals surface area contributed by atoms with E-state index in [9.17, 15) is 0 Å². The average Bonchev–Trinajstić information content (AvgIpc) is 2.88. The molecule has 2 rings (SSSR count). The molecular formula is C13H24N4O2S. The fourth-order valence-corrected chi connectivity index (χ4v) is 3.55. The van der Waals surface area contributed by atoms with Gasteiger partial charge in [-0.1, -0.05) is 12.1 Å². The number of nitrogens with one attached hydrogen (secondary N) is 1. The van der Waals surface area contributed by atoms with Crippen LogP contribution in [-0.2, 0) is 11.2 Å². The second kappa shape index (κ2) is 7.97. The van der Waals surface area contributed by atoms with Crippen LogP contribution in [0.2, 0.25) is 0 Å². The molecule has 20 heavy (non-hydrogen) atoms. The molecule has 1 fully saturated rings. The standard InChI is InChI=1S/C13H24N4O2S/c1-4-14-10(8-18-3)7-12-15-13(16-19-12)11-9-20-6-5-17(11)2/h10-11,14H,4-9H2,1-3H3. The van der Waals surface area contributed by atoms with Gasteiger partial charge in [0.1, 0.15) is 0 Å². The minimum Gasteiger partial charge on any atom is -0.383 e. The average molecular weight is 300 g/mol. The number of methoxy groups -OCH3 is 1. The van der Waals surface area contributed by atoms with Crippen LogP contribution in [0.1, 0.15) is 24.7 Å². The van der Waals surface area contributed by atoms with E-state index in [4.69, 9.17) is 9.26 Å². The van der Waals surface area contributed by atoms with Gasteiger partial charge in [0.25, 0.3) is 0 Å². The van der Waals surface area contributed by atoms with Gasteiger partial charge >= 0.3 is 0 Å². The van der Waals surface area contributed by atoms with E-state index in [1.54, 1.807) is 7.11 Å². The van der Waals surface area contributed by atoms with Gasteiger partial charge in [0.2, 0.25) is 5.89 Å². The van der Waals surface area contributed by atoms with E-state index in [-0.39, 0.29) is 12.1 Å². The molecular weight excluding hydrogens is 276 g/mol. The molecule has 2 heterocycles. The molecule has 1 aliphatic heterocycles. The molecule has 2 atom stereocenters. The van der Waals surface area contributed by atoms with Gasteiger partial charge in [0.05, 0.1) is 12.6 Å². The van der Waals surface area contributed by atoms with E-state index >= 15 is 0 Å². The topological polar surface area (TPSA) is 63.4 Å². The lowest BCUT2D eigenvalue weighted by molar-refractivity contribution is 0.162. The second-order valence-corrected chi connectivity index (χ2v) is 6.18. The van der Waals surface area contributed by atoms with E-state index in [1.165, 1.54) is 5.75 Å².